The number of hydrogen-bond acceptors (Lipinski definition) is 2. The number of fused-ring (bicyclic) bond motifs is 2. The third-order valence-electron chi connectivity index (χ3n) is 9.38. The van der Waals surface area contributed by atoms with Crippen LogP contribution in [0.4, 0.5) is 0 Å². The molecule has 0 aromatic heterocycles. The molecule has 7 aromatic carbocycles. The molecule has 0 radical (unpaired) electrons. The van der Waals surface area contributed by atoms with Gasteiger partial charge in [-0.1, -0.05) is 205 Å². The smallest absolute Gasteiger partial charge is 0.180 e. The van der Waals surface area contributed by atoms with Gasteiger partial charge in [0, 0.05) is 22.3 Å². The summed E-state index contributed by atoms with van der Waals surface area (Å²) in [6.07, 6.45) is 0. The zero-order chi connectivity index (χ0) is 32.7. The molecular formula is C43H29Cl3O2. The summed E-state index contributed by atoms with van der Waals surface area (Å²) in [5.41, 5.74) is 9.10. The predicted molar refractivity (Wildman–Crippen MR) is 197 cm³/mol. The van der Waals surface area contributed by atoms with Crippen LogP contribution in [0.15, 0.2) is 170 Å². The van der Waals surface area contributed by atoms with Gasteiger partial charge >= 0.3 is 0 Å². The summed E-state index contributed by atoms with van der Waals surface area (Å²) >= 11 is 14.4. The molecule has 2 atom stereocenters. The van der Waals surface area contributed by atoms with Gasteiger partial charge in [-0.05, 0) is 44.2 Å². The topological polar surface area (TPSA) is 18.5 Å². The molecule has 2 aliphatic heterocycles. The highest BCUT2D eigenvalue weighted by Gasteiger charge is 2.62. The van der Waals surface area contributed by atoms with E-state index < -0.39 is 15.5 Å². The van der Waals surface area contributed by atoms with E-state index in [1.54, 1.807) is 0 Å². The van der Waals surface area contributed by atoms with E-state index in [0.29, 0.717) is 0 Å². The van der Waals surface area contributed by atoms with E-state index in [-0.39, 0.29) is 0 Å². The lowest BCUT2D eigenvalue weighted by atomic mass is 9.59. The first-order chi connectivity index (χ1) is 23.6. The molecule has 10 rings (SSSR count). The van der Waals surface area contributed by atoms with Crippen molar-refractivity contribution in [1.29, 1.82) is 0 Å². The largest absolute Gasteiger partial charge is 0.214 e. The molecule has 0 unspecified atom stereocenters. The van der Waals surface area contributed by atoms with Gasteiger partial charge in [0.05, 0.1) is 0 Å². The van der Waals surface area contributed by atoms with Crippen LogP contribution in [0.3, 0.4) is 0 Å². The van der Waals surface area contributed by atoms with Crippen LogP contribution in [0, 0.1) is 0 Å². The van der Waals surface area contributed by atoms with Crippen LogP contribution in [-0.4, -0.2) is 4.30 Å². The van der Waals surface area contributed by atoms with Crippen molar-refractivity contribution >= 4 is 45.6 Å². The van der Waals surface area contributed by atoms with Gasteiger partial charge in [0.15, 0.2) is 15.5 Å². The van der Waals surface area contributed by atoms with Crippen LogP contribution in [-0.2, 0) is 21.0 Å². The van der Waals surface area contributed by atoms with E-state index in [4.69, 9.17) is 44.6 Å². The number of halogens is 3. The van der Waals surface area contributed by atoms with Crippen molar-refractivity contribution in [2.24, 2.45) is 0 Å². The summed E-state index contributed by atoms with van der Waals surface area (Å²) in [6, 6.07) is 60.1. The normalized spacial score (nSPS) is 18.9. The standard InChI is InChI=1S/C42H28O2.CHCl3/c1-5-17-29(18-6-1)37-33-25-13-14-26-34(33)38(30-19-7-2-8-20-30)40-39(37)41(31-21-9-3-10-22-31)35-27-15-16-28-36(35)42(40,44-43-41)32-23-11-4-12-24-32;2-1(3)4/h1-28H;1H/t41-,42+;. The lowest BCUT2D eigenvalue weighted by molar-refractivity contribution is -0.409. The van der Waals surface area contributed by atoms with E-state index in [9.17, 15) is 0 Å². The van der Waals surface area contributed by atoms with Gasteiger partial charge in [0.1, 0.15) is 0 Å². The minimum Gasteiger partial charge on any atom is -0.214 e. The van der Waals surface area contributed by atoms with E-state index in [0.717, 1.165) is 55.6 Å². The Morgan fingerprint density at radius 1 is 0.375 bits per heavy atom. The highest BCUT2D eigenvalue weighted by Crippen LogP contribution is 2.66. The average molecular weight is 684 g/mol. The minimum absolute atomic E-state index is 0.750. The molecule has 2 bridgehead atoms. The zero-order valence-electron chi connectivity index (χ0n) is 25.7. The number of benzene rings is 7. The molecule has 0 N–H and O–H groups in total. The van der Waals surface area contributed by atoms with Crippen molar-refractivity contribution < 1.29 is 9.78 Å². The molecule has 7 aromatic rings. The van der Waals surface area contributed by atoms with Gasteiger partial charge in [-0.25, -0.2) is 9.78 Å². The monoisotopic (exact) mass is 682 g/mol. The molecule has 2 nitrogen and oxygen atoms in total. The molecule has 234 valence electrons. The van der Waals surface area contributed by atoms with Crippen LogP contribution in [0.2, 0.25) is 0 Å². The van der Waals surface area contributed by atoms with Crippen molar-refractivity contribution in [3.05, 3.63) is 203 Å². The molecule has 2 heterocycles. The molecule has 0 amide bonds. The van der Waals surface area contributed by atoms with Crippen molar-refractivity contribution in [2.75, 3.05) is 0 Å². The van der Waals surface area contributed by atoms with Gasteiger partial charge in [-0.15, -0.1) is 0 Å². The average Bonchev–Trinajstić information content (AvgIpc) is 3.15. The summed E-state index contributed by atoms with van der Waals surface area (Å²) in [4.78, 5) is 13.9. The molecule has 48 heavy (non-hydrogen) atoms. The fraction of sp³-hybridized carbons (Fsp3) is 0.0698. The van der Waals surface area contributed by atoms with Crippen molar-refractivity contribution in [1.82, 2.24) is 0 Å². The second-order valence-corrected chi connectivity index (χ2v) is 13.8. The number of alkyl halides is 3. The first-order valence-corrected chi connectivity index (χ1v) is 17.1. The summed E-state index contributed by atoms with van der Waals surface area (Å²) < 4.78 is -0.750. The third-order valence-corrected chi connectivity index (χ3v) is 9.38. The first kappa shape index (κ1) is 30.9. The van der Waals surface area contributed by atoms with E-state index in [1.807, 2.05) is 0 Å². The Labute approximate surface area is 295 Å². The molecule has 0 saturated heterocycles. The maximum Gasteiger partial charge on any atom is 0.180 e. The fourth-order valence-electron chi connectivity index (χ4n) is 7.66. The lowest BCUT2D eigenvalue weighted by Crippen LogP contribution is -2.54. The number of hydrogen-bond donors (Lipinski definition) is 0. The lowest BCUT2D eigenvalue weighted by Gasteiger charge is -2.55. The highest BCUT2D eigenvalue weighted by molar-refractivity contribution is 6.63. The van der Waals surface area contributed by atoms with Gasteiger partial charge in [-0.3, -0.25) is 0 Å². The quantitative estimate of drug-likeness (QED) is 0.136. The predicted octanol–water partition coefficient (Wildman–Crippen LogP) is 12.0. The Hall–Kier alpha value is -4.41. The zero-order valence-corrected chi connectivity index (χ0v) is 28.0. The van der Waals surface area contributed by atoms with Crippen LogP contribution in [0.5, 0.6) is 0 Å². The van der Waals surface area contributed by atoms with Crippen LogP contribution >= 0.6 is 34.8 Å². The van der Waals surface area contributed by atoms with E-state index in [2.05, 4.69) is 170 Å². The maximum atomic E-state index is 6.96. The van der Waals surface area contributed by atoms with Gasteiger partial charge in [0.25, 0.3) is 0 Å². The number of rotatable bonds is 4. The Balaban J connectivity index is 0.000000799. The SMILES string of the molecule is ClC(Cl)Cl.c1ccc(-c2c3c(c(-c4ccccc4)c4ccccc24)[C@@]2(c4ccccc4)OO[C@]3(c3ccccc3)c3ccccc32)cc1. The third kappa shape index (κ3) is 4.71. The summed E-state index contributed by atoms with van der Waals surface area (Å²) in [6.45, 7) is 0. The Kier molecular flexibility index (Phi) is 8.08. The molecule has 0 fully saturated rings. The minimum atomic E-state index is -1.01. The summed E-state index contributed by atoms with van der Waals surface area (Å²) in [5, 5.41) is 2.37. The van der Waals surface area contributed by atoms with Gasteiger partial charge in [-0.2, -0.15) is 0 Å². The van der Waals surface area contributed by atoms with Gasteiger partial charge in [0.2, 0.25) is 0 Å². The van der Waals surface area contributed by atoms with Crippen LogP contribution in [0.25, 0.3) is 33.0 Å². The maximum absolute atomic E-state index is 6.96. The molecule has 0 spiro atoms. The summed E-state index contributed by atoms with van der Waals surface area (Å²) in [7, 11) is 0. The Morgan fingerprint density at radius 3 is 1.02 bits per heavy atom. The Morgan fingerprint density at radius 2 is 0.667 bits per heavy atom. The second kappa shape index (κ2) is 12.6. The van der Waals surface area contributed by atoms with Crippen molar-refractivity contribution in [2.45, 2.75) is 15.5 Å². The second-order valence-electron chi connectivity index (χ2n) is 11.8. The molecule has 0 saturated carbocycles. The van der Waals surface area contributed by atoms with E-state index >= 15 is 0 Å². The fourth-order valence-corrected chi connectivity index (χ4v) is 7.66. The summed E-state index contributed by atoms with van der Waals surface area (Å²) in [5.74, 6) is 0. The van der Waals surface area contributed by atoms with Crippen molar-refractivity contribution in [3.8, 4) is 22.3 Å². The van der Waals surface area contributed by atoms with Crippen LogP contribution < -0.4 is 0 Å². The van der Waals surface area contributed by atoms with Crippen LogP contribution in [0.1, 0.15) is 33.4 Å². The molecule has 1 aliphatic carbocycles. The van der Waals surface area contributed by atoms with Crippen molar-refractivity contribution in [3.63, 3.8) is 0 Å². The van der Waals surface area contributed by atoms with Gasteiger partial charge < -0.3 is 0 Å². The Bertz CT molecular complexity index is 2070. The first-order valence-electron chi connectivity index (χ1n) is 15.8. The highest BCUT2D eigenvalue weighted by atomic mass is 35.6. The molecule has 5 heteroatoms. The van der Waals surface area contributed by atoms with E-state index in [1.165, 1.54) is 10.8 Å². The molecule has 3 aliphatic rings. The molecular weight excluding hydrogens is 655 g/mol.